The predicted octanol–water partition coefficient (Wildman–Crippen LogP) is 6.30. The molecule has 0 aromatic carbocycles. The molecule has 0 saturated heterocycles. The van der Waals surface area contributed by atoms with Crippen molar-refractivity contribution in [2.75, 3.05) is 0 Å². The van der Waals surface area contributed by atoms with E-state index in [9.17, 15) is 0 Å². The molecule has 1 saturated carbocycles. The SMILES string of the molecule is CCC[C@@H](C)[C@]1(C[C@@H](C)CC(C)(C)C)C[C@H]1CC. The largest absolute Gasteiger partial charge is 0.0654 e. The smallest absolute Gasteiger partial charge is 0.0238 e. The van der Waals surface area contributed by atoms with Crippen molar-refractivity contribution in [1.29, 1.82) is 0 Å². The van der Waals surface area contributed by atoms with Gasteiger partial charge in [-0.25, -0.2) is 0 Å². The van der Waals surface area contributed by atoms with Crippen LogP contribution in [-0.2, 0) is 0 Å². The molecule has 0 aromatic rings. The van der Waals surface area contributed by atoms with Gasteiger partial charge in [0.15, 0.2) is 0 Å². The monoisotopic (exact) mass is 252 g/mol. The Kier molecular flexibility index (Phi) is 5.32. The fraction of sp³-hybridized carbons (Fsp3) is 1.00. The molecule has 0 heterocycles. The van der Waals surface area contributed by atoms with Crippen LogP contribution in [0.1, 0.15) is 87.0 Å². The van der Waals surface area contributed by atoms with Crippen molar-refractivity contribution in [3.8, 4) is 0 Å². The van der Waals surface area contributed by atoms with Crippen LogP contribution < -0.4 is 0 Å². The summed E-state index contributed by atoms with van der Waals surface area (Å²) in [4.78, 5) is 0. The van der Waals surface area contributed by atoms with Gasteiger partial charge in [-0.1, -0.05) is 67.7 Å². The third kappa shape index (κ3) is 4.00. The van der Waals surface area contributed by atoms with Gasteiger partial charge < -0.3 is 0 Å². The highest BCUT2D eigenvalue weighted by atomic mass is 14.6. The van der Waals surface area contributed by atoms with E-state index in [4.69, 9.17) is 0 Å². The van der Waals surface area contributed by atoms with Gasteiger partial charge in [0.2, 0.25) is 0 Å². The summed E-state index contributed by atoms with van der Waals surface area (Å²) in [5.74, 6) is 2.86. The highest BCUT2D eigenvalue weighted by molar-refractivity contribution is 5.04. The Morgan fingerprint density at radius 3 is 2.17 bits per heavy atom. The van der Waals surface area contributed by atoms with E-state index in [1.807, 2.05) is 0 Å². The Labute approximate surface area is 116 Å². The number of hydrogen-bond acceptors (Lipinski definition) is 0. The molecular weight excluding hydrogens is 216 g/mol. The van der Waals surface area contributed by atoms with Crippen LogP contribution in [0.5, 0.6) is 0 Å². The molecule has 1 fully saturated rings. The third-order valence-electron chi connectivity index (χ3n) is 5.16. The van der Waals surface area contributed by atoms with Crippen LogP contribution in [0.25, 0.3) is 0 Å². The van der Waals surface area contributed by atoms with Gasteiger partial charge in [-0.3, -0.25) is 0 Å². The molecule has 18 heavy (non-hydrogen) atoms. The zero-order chi connectivity index (χ0) is 14.0. The Balaban J connectivity index is 2.59. The first-order valence-electron chi connectivity index (χ1n) is 8.25. The first-order chi connectivity index (χ1) is 8.25. The predicted molar refractivity (Wildman–Crippen MR) is 82.8 cm³/mol. The summed E-state index contributed by atoms with van der Waals surface area (Å²) in [6.07, 6.45) is 8.55. The lowest BCUT2D eigenvalue weighted by atomic mass is 9.74. The molecule has 0 bridgehead atoms. The summed E-state index contributed by atoms with van der Waals surface area (Å²) in [6, 6.07) is 0. The van der Waals surface area contributed by atoms with Crippen molar-refractivity contribution in [2.24, 2.45) is 28.6 Å². The van der Waals surface area contributed by atoms with E-state index in [0.717, 1.165) is 23.2 Å². The van der Waals surface area contributed by atoms with Crippen LogP contribution in [0.15, 0.2) is 0 Å². The summed E-state index contributed by atoms with van der Waals surface area (Å²) in [5.41, 5.74) is 1.21. The van der Waals surface area contributed by atoms with Gasteiger partial charge >= 0.3 is 0 Å². The Morgan fingerprint density at radius 1 is 1.17 bits per heavy atom. The van der Waals surface area contributed by atoms with E-state index >= 15 is 0 Å². The molecular formula is C18H36. The van der Waals surface area contributed by atoms with Crippen molar-refractivity contribution < 1.29 is 0 Å². The molecule has 0 aromatic heterocycles. The van der Waals surface area contributed by atoms with Crippen molar-refractivity contribution >= 4 is 0 Å². The van der Waals surface area contributed by atoms with Crippen molar-refractivity contribution in [3.05, 3.63) is 0 Å². The zero-order valence-electron chi connectivity index (χ0n) is 14.0. The third-order valence-corrected chi connectivity index (χ3v) is 5.16. The van der Waals surface area contributed by atoms with Crippen molar-refractivity contribution in [1.82, 2.24) is 0 Å². The maximum Gasteiger partial charge on any atom is -0.0238 e. The lowest BCUT2D eigenvalue weighted by molar-refractivity contribution is 0.192. The van der Waals surface area contributed by atoms with Gasteiger partial charge in [-0.2, -0.15) is 0 Å². The first kappa shape index (κ1) is 16.1. The molecule has 1 rings (SSSR count). The molecule has 0 N–H and O–H groups in total. The van der Waals surface area contributed by atoms with E-state index in [0.29, 0.717) is 5.41 Å². The topological polar surface area (TPSA) is 0 Å². The fourth-order valence-corrected chi connectivity index (χ4v) is 4.49. The Morgan fingerprint density at radius 2 is 1.78 bits per heavy atom. The molecule has 1 aliphatic rings. The summed E-state index contributed by atoms with van der Waals surface area (Å²) < 4.78 is 0. The molecule has 0 unspecified atom stereocenters. The minimum absolute atomic E-state index is 0.491. The summed E-state index contributed by atoms with van der Waals surface area (Å²) in [6.45, 7) is 16.9. The second-order valence-electron chi connectivity index (χ2n) is 8.31. The normalized spacial score (nSPS) is 31.2. The summed E-state index contributed by atoms with van der Waals surface area (Å²) >= 11 is 0. The molecule has 0 amide bonds. The molecule has 0 aliphatic heterocycles. The van der Waals surface area contributed by atoms with E-state index in [1.165, 1.54) is 38.5 Å². The van der Waals surface area contributed by atoms with E-state index in [1.54, 1.807) is 0 Å². The van der Waals surface area contributed by atoms with Crippen LogP contribution >= 0.6 is 0 Å². The van der Waals surface area contributed by atoms with Gasteiger partial charge in [-0.15, -0.1) is 0 Å². The van der Waals surface area contributed by atoms with Gasteiger partial charge in [0.05, 0.1) is 0 Å². The second-order valence-corrected chi connectivity index (χ2v) is 8.31. The lowest BCUT2D eigenvalue weighted by Gasteiger charge is -2.31. The van der Waals surface area contributed by atoms with E-state index in [2.05, 4.69) is 48.5 Å². The second kappa shape index (κ2) is 5.97. The maximum atomic E-state index is 2.52. The fourth-order valence-electron chi connectivity index (χ4n) is 4.49. The maximum absolute atomic E-state index is 2.52. The first-order valence-corrected chi connectivity index (χ1v) is 8.25. The average molecular weight is 252 g/mol. The highest BCUT2D eigenvalue weighted by Crippen LogP contribution is 2.64. The summed E-state index contributed by atoms with van der Waals surface area (Å²) in [5, 5.41) is 0. The van der Waals surface area contributed by atoms with Crippen LogP contribution in [0.4, 0.5) is 0 Å². The molecule has 108 valence electrons. The number of rotatable bonds is 7. The Bertz CT molecular complexity index is 247. The van der Waals surface area contributed by atoms with Crippen LogP contribution in [0.2, 0.25) is 0 Å². The zero-order valence-corrected chi connectivity index (χ0v) is 14.0. The van der Waals surface area contributed by atoms with Gasteiger partial charge in [0.25, 0.3) is 0 Å². The standard InChI is InChI=1S/C18H36/c1-8-10-15(4)18(13-16(18)9-2)12-14(3)11-17(5,6)7/h14-16H,8-13H2,1-7H3/t14-,15+,16+,18-/m0/s1. The molecule has 0 nitrogen and oxygen atoms in total. The van der Waals surface area contributed by atoms with Gasteiger partial charge in [0, 0.05) is 0 Å². The molecule has 0 radical (unpaired) electrons. The minimum atomic E-state index is 0.491. The average Bonchev–Trinajstić information content (AvgIpc) is 2.90. The lowest BCUT2D eigenvalue weighted by Crippen LogP contribution is -2.21. The molecule has 0 heteroatoms. The summed E-state index contributed by atoms with van der Waals surface area (Å²) in [7, 11) is 0. The highest BCUT2D eigenvalue weighted by Gasteiger charge is 2.55. The van der Waals surface area contributed by atoms with Crippen LogP contribution in [-0.4, -0.2) is 0 Å². The van der Waals surface area contributed by atoms with E-state index in [-0.39, 0.29) is 0 Å². The minimum Gasteiger partial charge on any atom is -0.0654 e. The van der Waals surface area contributed by atoms with Crippen molar-refractivity contribution in [3.63, 3.8) is 0 Å². The molecule has 4 atom stereocenters. The Hall–Kier alpha value is 0. The van der Waals surface area contributed by atoms with Gasteiger partial charge in [0.1, 0.15) is 0 Å². The van der Waals surface area contributed by atoms with Gasteiger partial charge in [-0.05, 0) is 47.8 Å². The molecule has 0 spiro atoms. The quantitative estimate of drug-likeness (QED) is 0.498. The van der Waals surface area contributed by atoms with Crippen LogP contribution in [0, 0.1) is 28.6 Å². The molecule has 1 aliphatic carbocycles. The van der Waals surface area contributed by atoms with E-state index < -0.39 is 0 Å². The van der Waals surface area contributed by atoms with Crippen molar-refractivity contribution in [2.45, 2.75) is 87.0 Å². The van der Waals surface area contributed by atoms with Crippen LogP contribution in [0.3, 0.4) is 0 Å². The number of hydrogen-bond donors (Lipinski definition) is 0.